The first-order valence-corrected chi connectivity index (χ1v) is 8.51. The lowest BCUT2D eigenvalue weighted by Gasteiger charge is -2.13. The van der Waals surface area contributed by atoms with Crippen molar-refractivity contribution < 1.29 is 14.4 Å². The summed E-state index contributed by atoms with van der Waals surface area (Å²) in [6, 6.07) is 8.75. The van der Waals surface area contributed by atoms with E-state index in [1.807, 2.05) is 24.4 Å². The zero-order chi connectivity index (χ0) is 18.8. The van der Waals surface area contributed by atoms with Crippen molar-refractivity contribution >= 4 is 23.4 Å². The third-order valence-electron chi connectivity index (χ3n) is 4.34. The number of nitrogens with one attached hydrogen (secondary N) is 1. The van der Waals surface area contributed by atoms with Crippen LogP contribution >= 0.6 is 0 Å². The molecule has 4 heterocycles. The van der Waals surface area contributed by atoms with Crippen LogP contribution < -0.4 is 5.32 Å². The molecule has 1 aliphatic heterocycles. The van der Waals surface area contributed by atoms with Crippen LogP contribution in [0.25, 0.3) is 5.65 Å². The highest BCUT2D eigenvalue weighted by Gasteiger charge is 2.36. The molecule has 0 radical (unpaired) electrons. The van der Waals surface area contributed by atoms with Crippen LogP contribution in [-0.2, 0) is 11.3 Å². The van der Waals surface area contributed by atoms with E-state index in [1.54, 1.807) is 16.5 Å². The molecule has 3 aromatic heterocycles. The smallest absolute Gasteiger partial charge is 0.280 e. The minimum Gasteiger partial charge on any atom is -0.349 e. The van der Waals surface area contributed by atoms with E-state index in [1.165, 1.54) is 6.20 Å². The summed E-state index contributed by atoms with van der Waals surface area (Å²) in [5.41, 5.74) is 1.19. The van der Waals surface area contributed by atoms with E-state index in [9.17, 15) is 14.4 Å². The van der Waals surface area contributed by atoms with Gasteiger partial charge in [-0.3, -0.25) is 28.7 Å². The van der Waals surface area contributed by atoms with Gasteiger partial charge in [0.2, 0.25) is 5.91 Å². The van der Waals surface area contributed by atoms with Crippen LogP contribution in [0.15, 0.2) is 42.7 Å². The van der Waals surface area contributed by atoms with Gasteiger partial charge in [-0.25, -0.2) is 0 Å². The molecule has 1 aliphatic rings. The molecule has 9 heteroatoms. The predicted octanol–water partition coefficient (Wildman–Crippen LogP) is 0.817. The Bertz CT molecular complexity index is 1010. The highest BCUT2D eigenvalue weighted by Crippen LogP contribution is 2.20. The van der Waals surface area contributed by atoms with Gasteiger partial charge in [-0.15, -0.1) is 10.2 Å². The van der Waals surface area contributed by atoms with Crippen LogP contribution in [0.5, 0.6) is 0 Å². The quantitative estimate of drug-likeness (QED) is 0.649. The Kier molecular flexibility index (Phi) is 4.33. The van der Waals surface area contributed by atoms with E-state index in [2.05, 4.69) is 20.5 Å². The molecule has 3 amide bonds. The third kappa shape index (κ3) is 3.14. The molecule has 27 heavy (non-hydrogen) atoms. The Morgan fingerprint density at radius 3 is 2.81 bits per heavy atom. The van der Waals surface area contributed by atoms with Gasteiger partial charge in [0.15, 0.2) is 11.5 Å². The summed E-state index contributed by atoms with van der Waals surface area (Å²) < 4.78 is 1.80. The minimum atomic E-state index is -0.411. The van der Waals surface area contributed by atoms with Crippen molar-refractivity contribution in [3.63, 3.8) is 0 Å². The molecule has 0 bridgehead atoms. The summed E-state index contributed by atoms with van der Waals surface area (Å²) in [4.78, 5) is 41.6. The molecule has 9 nitrogen and oxygen atoms in total. The number of carbonyl (C=O) groups is 3. The van der Waals surface area contributed by atoms with Crippen LogP contribution in [0.3, 0.4) is 0 Å². The molecule has 0 spiro atoms. The maximum Gasteiger partial charge on any atom is 0.280 e. The van der Waals surface area contributed by atoms with Crippen molar-refractivity contribution in [1.82, 2.24) is 29.8 Å². The van der Waals surface area contributed by atoms with Crippen LogP contribution in [0.1, 0.15) is 39.5 Å². The molecule has 1 N–H and O–H groups in total. The van der Waals surface area contributed by atoms with E-state index in [-0.39, 0.29) is 37.0 Å². The average Bonchev–Trinajstić information content (AvgIpc) is 3.21. The molecule has 3 aromatic rings. The zero-order valence-corrected chi connectivity index (χ0v) is 14.3. The summed E-state index contributed by atoms with van der Waals surface area (Å²) in [6.45, 7) is 0.427. The number of imide groups is 1. The van der Waals surface area contributed by atoms with Gasteiger partial charge in [-0.05, 0) is 30.7 Å². The second-order valence-corrected chi connectivity index (χ2v) is 6.09. The fourth-order valence-electron chi connectivity index (χ4n) is 2.99. The van der Waals surface area contributed by atoms with E-state index < -0.39 is 5.91 Å². The zero-order valence-electron chi connectivity index (χ0n) is 14.3. The number of amides is 3. The Morgan fingerprint density at radius 1 is 1.07 bits per heavy atom. The lowest BCUT2D eigenvalue weighted by molar-refractivity contribution is -0.121. The Labute approximate surface area is 154 Å². The second-order valence-electron chi connectivity index (χ2n) is 6.09. The monoisotopic (exact) mass is 364 g/mol. The first-order valence-electron chi connectivity index (χ1n) is 8.51. The molecular weight excluding hydrogens is 348 g/mol. The number of carbonyl (C=O) groups excluding carboxylic acids is 3. The topological polar surface area (TPSA) is 110 Å². The number of hydrogen-bond acceptors (Lipinski definition) is 6. The summed E-state index contributed by atoms with van der Waals surface area (Å²) in [7, 11) is 0. The summed E-state index contributed by atoms with van der Waals surface area (Å²) in [5.74, 6) is -0.327. The number of aromatic nitrogens is 4. The normalized spacial score (nSPS) is 13.3. The molecule has 0 atom stereocenters. The van der Waals surface area contributed by atoms with Gasteiger partial charge in [0.25, 0.3) is 11.8 Å². The van der Waals surface area contributed by atoms with Gasteiger partial charge in [0, 0.05) is 25.4 Å². The number of rotatable bonds is 6. The number of nitrogens with zero attached hydrogens (tertiary/aromatic N) is 5. The van der Waals surface area contributed by atoms with Crippen molar-refractivity contribution in [2.45, 2.75) is 19.4 Å². The molecule has 0 fully saturated rings. The SMILES string of the molecule is O=C(CCCN1C(=O)c2cccnc2C1=O)NCc1nnc2ccccn12. The summed E-state index contributed by atoms with van der Waals surface area (Å²) >= 11 is 0. The van der Waals surface area contributed by atoms with Gasteiger partial charge >= 0.3 is 0 Å². The lowest BCUT2D eigenvalue weighted by atomic mass is 10.2. The van der Waals surface area contributed by atoms with Crippen molar-refractivity contribution in [2.75, 3.05) is 6.54 Å². The van der Waals surface area contributed by atoms with E-state index in [0.29, 0.717) is 23.5 Å². The van der Waals surface area contributed by atoms with Crippen LogP contribution in [0, 0.1) is 0 Å². The minimum absolute atomic E-state index is 0.172. The first-order chi connectivity index (χ1) is 13.1. The Morgan fingerprint density at radius 2 is 1.96 bits per heavy atom. The van der Waals surface area contributed by atoms with Gasteiger partial charge in [-0.2, -0.15) is 0 Å². The lowest BCUT2D eigenvalue weighted by Crippen LogP contribution is -2.32. The molecule has 0 saturated carbocycles. The molecule has 0 saturated heterocycles. The molecule has 4 rings (SSSR count). The highest BCUT2D eigenvalue weighted by atomic mass is 16.2. The largest absolute Gasteiger partial charge is 0.349 e. The number of fused-ring (bicyclic) bond motifs is 2. The maximum absolute atomic E-state index is 12.2. The second kappa shape index (κ2) is 6.94. The standard InChI is InChI=1S/C18H16N6O3/c25-15(20-11-14-22-21-13-6-1-2-9-23(13)14)7-4-10-24-17(26)12-5-3-8-19-16(12)18(24)27/h1-3,5-6,8-9H,4,7,10-11H2,(H,20,25). The number of pyridine rings is 2. The third-order valence-corrected chi connectivity index (χ3v) is 4.34. The van der Waals surface area contributed by atoms with Crippen molar-refractivity contribution in [3.05, 3.63) is 59.8 Å². The fourth-order valence-corrected chi connectivity index (χ4v) is 2.99. The number of hydrogen-bond donors (Lipinski definition) is 1. The van der Waals surface area contributed by atoms with Crippen LogP contribution in [0.2, 0.25) is 0 Å². The van der Waals surface area contributed by atoms with Crippen LogP contribution in [-0.4, -0.2) is 48.7 Å². The molecular formula is C18H16N6O3. The molecule has 0 aliphatic carbocycles. The van der Waals surface area contributed by atoms with Gasteiger partial charge in [0.05, 0.1) is 12.1 Å². The van der Waals surface area contributed by atoms with Crippen molar-refractivity contribution in [1.29, 1.82) is 0 Å². The van der Waals surface area contributed by atoms with Crippen LogP contribution in [0.4, 0.5) is 0 Å². The predicted molar refractivity (Wildman–Crippen MR) is 93.7 cm³/mol. The fraction of sp³-hybridized carbons (Fsp3) is 0.222. The summed E-state index contributed by atoms with van der Waals surface area (Å²) in [6.07, 6.45) is 3.87. The Hall–Kier alpha value is -3.62. The van der Waals surface area contributed by atoms with E-state index >= 15 is 0 Å². The van der Waals surface area contributed by atoms with E-state index in [0.717, 1.165) is 4.90 Å². The van der Waals surface area contributed by atoms with Crippen molar-refractivity contribution in [2.24, 2.45) is 0 Å². The maximum atomic E-state index is 12.2. The van der Waals surface area contributed by atoms with Gasteiger partial charge in [0.1, 0.15) is 5.69 Å². The molecule has 0 aromatic carbocycles. The van der Waals surface area contributed by atoms with E-state index in [4.69, 9.17) is 0 Å². The Balaban J connectivity index is 1.28. The highest BCUT2D eigenvalue weighted by molar-refractivity contribution is 6.20. The summed E-state index contributed by atoms with van der Waals surface area (Å²) in [5, 5.41) is 10.8. The first kappa shape index (κ1) is 16.8. The molecule has 136 valence electrons. The molecule has 0 unspecified atom stereocenters. The van der Waals surface area contributed by atoms with Gasteiger partial charge in [-0.1, -0.05) is 6.07 Å². The average molecular weight is 364 g/mol. The van der Waals surface area contributed by atoms with Crippen molar-refractivity contribution in [3.8, 4) is 0 Å². The van der Waals surface area contributed by atoms with Gasteiger partial charge < -0.3 is 5.32 Å².